The SMILES string of the molecule is Cc1cc(COc2ccc(-n3c(C)cc(/C=C4\C(=O)NC(=S)N(c5cccc(Cl)c5Cl)C4=O)c3C)cc2)ccc1Br. The number of rotatable bonds is 6. The van der Waals surface area contributed by atoms with Crippen LogP contribution in [0.25, 0.3) is 11.8 Å². The maximum absolute atomic E-state index is 13.5. The summed E-state index contributed by atoms with van der Waals surface area (Å²) in [5.74, 6) is -0.420. The van der Waals surface area contributed by atoms with Crippen LogP contribution in [0.2, 0.25) is 10.0 Å². The molecule has 0 aliphatic carbocycles. The van der Waals surface area contributed by atoms with Crippen LogP contribution in [0.4, 0.5) is 5.69 Å². The Kier molecular flexibility index (Phi) is 8.38. The number of amides is 2. The number of hydrogen-bond acceptors (Lipinski definition) is 4. The number of anilines is 1. The van der Waals surface area contributed by atoms with Gasteiger partial charge in [-0.3, -0.25) is 19.8 Å². The summed E-state index contributed by atoms with van der Waals surface area (Å²) >= 11 is 21.3. The number of nitrogens with zero attached hydrogens (tertiary/aromatic N) is 2. The molecule has 1 aliphatic heterocycles. The van der Waals surface area contributed by atoms with Crippen LogP contribution < -0.4 is 15.0 Å². The fraction of sp³-hybridized carbons (Fsp3) is 0.129. The highest BCUT2D eigenvalue weighted by molar-refractivity contribution is 9.10. The number of halogens is 3. The van der Waals surface area contributed by atoms with Gasteiger partial charge in [0.1, 0.15) is 17.9 Å². The summed E-state index contributed by atoms with van der Waals surface area (Å²) in [7, 11) is 0. The molecule has 1 fully saturated rings. The molecule has 1 aliphatic rings. The third-order valence-corrected chi connectivity index (χ3v) is 8.75. The Labute approximate surface area is 261 Å². The zero-order valence-corrected chi connectivity index (χ0v) is 26.2. The molecule has 0 unspecified atom stereocenters. The van der Waals surface area contributed by atoms with Crippen molar-refractivity contribution >= 4 is 80.0 Å². The molecule has 0 spiro atoms. The molecule has 4 aromatic rings. The van der Waals surface area contributed by atoms with Gasteiger partial charge in [-0.1, -0.05) is 57.3 Å². The van der Waals surface area contributed by atoms with Crippen molar-refractivity contribution in [3.63, 3.8) is 0 Å². The summed E-state index contributed by atoms with van der Waals surface area (Å²) in [5, 5.41) is 2.96. The highest BCUT2D eigenvalue weighted by Crippen LogP contribution is 2.35. The van der Waals surface area contributed by atoms with Crippen molar-refractivity contribution in [2.45, 2.75) is 27.4 Å². The number of aromatic nitrogens is 1. The molecule has 2 heterocycles. The van der Waals surface area contributed by atoms with E-state index in [0.717, 1.165) is 44.0 Å². The van der Waals surface area contributed by atoms with Crippen LogP contribution in [0.1, 0.15) is 28.1 Å². The van der Waals surface area contributed by atoms with Crippen molar-refractivity contribution < 1.29 is 14.3 Å². The molecular formula is C31H24BrCl2N3O3S. The van der Waals surface area contributed by atoms with Gasteiger partial charge in [0, 0.05) is 21.5 Å². The summed E-state index contributed by atoms with van der Waals surface area (Å²) in [6.07, 6.45) is 1.57. The fourth-order valence-electron chi connectivity index (χ4n) is 4.68. The molecule has 2 amide bonds. The van der Waals surface area contributed by atoms with Crippen LogP contribution in [0.15, 0.2) is 76.8 Å². The van der Waals surface area contributed by atoms with Gasteiger partial charge in [-0.25, -0.2) is 0 Å². The van der Waals surface area contributed by atoms with Crippen molar-refractivity contribution in [3.05, 3.63) is 115 Å². The first-order chi connectivity index (χ1) is 19.5. The fourth-order valence-corrected chi connectivity index (χ4v) is 5.58. The second kappa shape index (κ2) is 11.8. The Bertz CT molecular complexity index is 1750. The number of benzene rings is 3. The lowest BCUT2D eigenvalue weighted by atomic mass is 10.1. The maximum atomic E-state index is 13.5. The van der Waals surface area contributed by atoms with E-state index in [2.05, 4.69) is 31.9 Å². The number of thiocarbonyl (C=S) groups is 1. The van der Waals surface area contributed by atoms with E-state index in [-0.39, 0.29) is 20.7 Å². The minimum absolute atomic E-state index is 0.0654. The van der Waals surface area contributed by atoms with Gasteiger partial charge in [0.2, 0.25) is 0 Å². The zero-order chi connectivity index (χ0) is 29.4. The molecule has 208 valence electrons. The Morgan fingerprint density at radius 2 is 1.73 bits per heavy atom. The van der Waals surface area contributed by atoms with E-state index >= 15 is 0 Å². The van der Waals surface area contributed by atoms with Crippen molar-refractivity contribution in [1.82, 2.24) is 9.88 Å². The predicted octanol–water partition coefficient (Wildman–Crippen LogP) is 7.88. The van der Waals surface area contributed by atoms with E-state index < -0.39 is 11.8 Å². The highest BCUT2D eigenvalue weighted by atomic mass is 79.9. The van der Waals surface area contributed by atoms with E-state index in [1.165, 1.54) is 4.90 Å². The zero-order valence-electron chi connectivity index (χ0n) is 22.3. The van der Waals surface area contributed by atoms with Crippen LogP contribution in [-0.4, -0.2) is 21.5 Å². The third kappa shape index (κ3) is 5.83. The predicted molar refractivity (Wildman–Crippen MR) is 171 cm³/mol. The van der Waals surface area contributed by atoms with Gasteiger partial charge in [-0.2, -0.15) is 0 Å². The molecule has 10 heteroatoms. The van der Waals surface area contributed by atoms with Gasteiger partial charge in [-0.15, -0.1) is 0 Å². The summed E-state index contributed by atoms with van der Waals surface area (Å²) < 4.78 is 9.11. The van der Waals surface area contributed by atoms with Crippen LogP contribution in [0.5, 0.6) is 5.75 Å². The van der Waals surface area contributed by atoms with Crippen LogP contribution in [0, 0.1) is 20.8 Å². The summed E-state index contributed by atoms with van der Waals surface area (Å²) in [6.45, 7) is 6.40. The Balaban J connectivity index is 1.40. The first-order valence-electron chi connectivity index (χ1n) is 12.6. The number of aryl methyl sites for hydroxylation is 2. The van der Waals surface area contributed by atoms with Gasteiger partial charge >= 0.3 is 0 Å². The number of carbonyl (C=O) groups excluding carboxylic acids is 2. The monoisotopic (exact) mass is 667 g/mol. The lowest BCUT2D eigenvalue weighted by Crippen LogP contribution is -2.54. The van der Waals surface area contributed by atoms with E-state index in [1.807, 2.05) is 63.2 Å². The minimum atomic E-state index is -0.588. The molecule has 1 saturated heterocycles. The van der Waals surface area contributed by atoms with Crippen LogP contribution in [-0.2, 0) is 16.2 Å². The number of ether oxygens (including phenoxy) is 1. The Hall–Kier alpha value is -3.43. The molecule has 0 bridgehead atoms. The normalized spacial score (nSPS) is 14.5. The van der Waals surface area contributed by atoms with E-state index in [1.54, 1.807) is 24.3 Å². The van der Waals surface area contributed by atoms with Crippen LogP contribution in [0.3, 0.4) is 0 Å². The minimum Gasteiger partial charge on any atom is -0.489 e. The van der Waals surface area contributed by atoms with Gasteiger partial charge < -0.3 is 9.30 Å². The second-order valence-corrected chi connectivity index (χ2v) is 11.6. The first-order valence-corrected chi connectivity index (χ1v) is 14.5. The Morgan fingerprint density at radius 3 is 2.44 bits per heavy atom. The van der Waals surface area contributed by atoms with Gasteiger partial charge in [0.05, 0.1) is 15.7 Å². The molecule has 3 aromatic carbocycles. The number of hydrogen-bond donors (Lipinski definition) is 1. The second-order valence-electron chi connectivity index (χ2n) is 9.56. The van der Waals surface area contributed by atoms with Crippen molar-refractivity contribution in [2.24, 2.45) is 0 Å². The van der Waals surface area contributed by atoms with Crippen molar-refractivity contribution in [2.75, 3.05) is 4.90 Å². The standard InChI is InChI=1S/C31H24BrCl2N3O3S/c1-17-13-20(7-12-25(17)32)16-40-23-10-8-22(9-11-23)36-18(2)14-21(19(36)3)15-24-29(38)35-31(41)37(30(24)39)27-6-4-5-26(33)28(27)34/h4-15H,16H2,1-3H3,(H,35,38,41)/b24-15+. The Morgan fingerprint density at radius 1 is 1.00 bits per heavy atom. The maximum Gasteiger partial charge on any atom is 0.270 e. The average molecular weight is 669 g/mol. The van der Waals surface area contributed by atoms with Gasteiger partial charge in [0.25, 0.3) is 11.8 Å². The molecule has 41 heavy (non-hydrogen) atoms. The topological polar surface area (TPSA) is 63.6 Å². The van der Waals surface area contributed by atoms with E-state index in [4.69, 9.17) is 40.2 Å². The van der Waals surface area contributed by atoms with E-state index in [0.29, 0.717) is 12.3 Å². The lowest BCUT2D eigenvalue weighted by molar-refractivity contribution is -0.122. The first kappa shape index (κ1) is 29.1. The largest absolute Gasteiger partial charge is 0.489 e. The molecule has 5 rings (SSSR count). The van der Waals surface area contributed by atoms with Crippen molar-refractivity contribution in [1.29, 1.82) is 0 Å². The molecule has 6 nitrogen and oxygen atoms in total. The smallest absolute Gasteiger partial charge is 0.270 e. The molecule has 0 radical (unpaired) electrons. The summed E-state index contributed by atoms with van der Waals surface area (Å²) in [6, 6.07) is 20.7. The number of nitrogens with one attached hydrogen (secondary N) is 1. The lowest BCUT2D eigenvalue weighted by Gasteiger charge is -2.29. The van der Waals surface area contributed by atoms with Crippen molar-refractivity contribution in [3.8, 4) is 11.4 Å². The molecule has 0 saturated carbocycles. The molecule has 1 aromatic heterocycles. The van der Waals surface area contributed by atoms with Gasteiger partial charge in [-0.05, 0) is 104 Å². The molecule has 1 N–H and O–H groups in total. The van der Waals surface area contributed by atoms with Crippen LogP contribution >= 0.6 is 51.3 Å². The molecule has 0 atom stereocenters. The molecular weight excluding hydrogens is 645 g/mol. The summed E-state index contributed by atoms with van der Waals surface area (Å²) in [4.78, 5) is 27.6. The quantitative estimate of drug-likeness (QED) is 0.129. The third-order valence-electron chi connectivity index (χ3n) is 6.77. The van der Waals surface area contributed by atoms with E-state index in [9.17, 15) is 9.59 Å². The highest BCUT2D eigenvalue weighted by Gasteiger charge is 2.36. The van der Waals surface area contributed by atoms with Gasteiger partial charge in [0.15, 0.2) is 5.11 Å². The average Bonchev–Trinajstić information content (AvgIpc) is 3.22. The summed E-state index contributed by atoms with van der Waals surface area (Å²) in [5.41, 5.74) is 5.90. The number of carbonyl (C=O) groups is 2.